The molecule has 0 bridgehead atoms. The van der Waals surface area contributed by atoms with Gasteiger partial charge in [0.25, 0.3) is 5.91 Å². The van der Waals surface area contributed by atoms with E-state index < -0.39 is 0 Å². The minimum Gasteiger partial charge on any atom is -0.321 e. The van der Waals surface area contributed by atoms with E-state index in [1.165, 1.54) is 5.56 Å². The summed E-state index contributed by atoms with van der Waals surface area (Å²) < 4.78 is 0. The van der Waals surface area contributed by atoms with Crippen LogP contribution in [0.1, 0.15) is 32.6 Å². The molecule has 3 aromatic carbocycles. The van der Waals surface area contributed by atoms with E-state index in [4.69, 9.17) is 28.2 Å². The van der Waals surface area contributed by atoms with E-state index in [0.717, 1.165) is 38.9 Å². The first kappa shape index (κ1) is 21.4. The lowest BCUT2D eigenvalue weighted by Crippen LogP contribution is -2.16. The molecular weight excluding hydrogens is 427 g/mol. The Morgan fingerprint density at radius 3 is 2.29 bits per heavy atom. The zero-order valence-electron chi connectivity index (χ0n) is 17.8. The van der Waals surface area contributed by atoms with Crippen LogP contribution in [0.2, 0.25) is 10.0 Å². The van der Waals surface area contributed by atoms with E-state index in [9.17, 15) is 4.79 Å². The summed E-state index contributed by atoms with van der Waals surface area (Å²) in [4.78, 5) is 18.5. The molecule has 1 N–H and O–H groups in total. The van der Waals surface area contributed by atoms with Crippen molar-refractivity contribution < 1.29 is 4.79 Å². The second-order valence-corrected chi connectivity index (χ2v) is 8.73. The number of amides is 1. The number of benzene rings is 3. The lowest BCUT2D eigenvalue weighted by atomic mass is 9.94. The standard InChI is InChI=1S/C26H22Cl2N2O/c1-14-5-7-18(8-6-14)25-17(4)23(20-12-15(2)11-16(3)24(20)30-25)26(31)29-22-13-19(27)9-10-21(22)28/h5-13H,1-4H3,(H,29,31). The van der Waals surface area contributed by atoms with E-state index in [-0.39, 0.29) is 5.91 Å². The molecule has 4 aromatic rings. The van der Waals surface area contributed by atoms with Crippen molar-refractivity contribution >= 4 is 45.7 Å². The molecule has 1 aromatic heterocycles. The largest absolute Gasteiger partial charge is 0.321 e. The van der Waals surface area contributed by atoms with E-state index in [1.807, 2.05) is 58.0 Å². The number of carbonyl (C=O) groups is 1. The van der Waals surface area contributed by atoms with Crippen molar-refractivity contribution in [3.8, 4) is 11.3 Å². The van der Waals surface area contributed by atoms with Crippen LogP contribution in [0.4, 0.5) is 5.69 Å². The van der Waals surface area contributed by atoms with Crippen LogP contribution < -0.4 is 5.32 Å². The van der Waals surface area contributed by atoms with Gasteiger partial charge in [-0.1, -0.05) is 64.7 Å². The SMILES string of the molecule is Cc1ccc(-c2nc3c(C)cc(C)cc3c(C(=O)Nc3cc(Cl)ccc3Cl)c2C)cc1. The average molecular weight is 449 g/mol. The quantitative estimate of drug-likeness (QED) is 0.348. The summed E-state index contributed by atoms with van der Waals surface area (Å²) >= 11 is 12.4. The zero-order chi connectivity index (χ0) is 22.3. The van der Waals surface area contributed by atoms with E-state index in [0.29, 0.717) is 21.3 Å². The minimum absolute atomic E-state index is 0.243. The summed E-state index contributed by atoms with van der Waals surface area (Å²) in [6, 6.07) is 17.3. The highest BCUT2D eigenvalue weighted by Gasteiger charge is 2.21. The number of aryl methyl sites for hydroxylation is 3. The number of carbonyl (C=O) groups excluding carboxylic acids is 1. The van der Waals surface area contributed by atoms with Crippen LogP contribution >= 0.6 is 23.2 Å². The molecule has 0 aliphatic heterocycles. The van der Waals surface area contributed by atoms with Crippen molar-refractivity contribution in [1.82, 2.24) is 4.98 Å². The van der Waals surface area contributed by atoms with Crippen LogP contribution in [-0.4, -0.2) is 10.9 Å². The van der Waals surface area contributed by atoms with Crippen molar-refractivity contribution in [3.63, 3.8) is 0 Å². The molecule has 0 unspecified atom stereocenters. The predicted octanol–water partition coefficient (Wildman–Crippen LogP) is 7.69. The van der Waals surface area contributed by atoms with Gasteiger partial charge in [-0.2, -0.15) is 0 Å². The molecule has 0 atom stereocenters. The molecule has 0 fully saturated rings. The summed E-state index contributed by atoms with van der Waals surface area (Å²) in [5.74, 6) is -0.243. The molecule has 4 rings (SSSR count). The highest BCUT2D eigenvalue weighted by atomic mass is 35.5. The molecule has 1 heterocycles. The molecule has 0 saturated heterocycles. The lowest BCUT2D eigenvalue weighted by Gasteiger charge is -2.17. The number of pyridine rings is 1. The molecule has 0 saturated carbocycles. The number of nitrogens with one attached hydrogen (secondary N) is 1. The van der Waals surface area contributed by atoms with Crippen LogP contribution in [-0.2, 0) is 0 Å². The van der Waals surface area contributed by atoms with Crippen molar-refractivity contribution in [2.75, 3.05) is 5.32 Å². The summed E-state index contributed by atoms with van der Waals surface area (Å²) in [5.41, 5.74) is 7.73. The third kappa shape index (κ3) is 4.16. The number of rotatable bonds is 3. The smallest absolute Gasteiger partial charge is 0.256 e. The number of aromatic nitrogens is 1. The van der Waals surface area contributed by atoms with Crippen LogP contribution in [0.5, 0.6) is 0 Å². The monoisotopic (exact) mass is 448 g/mol. The molecule has 1 amide bonds. The Morgan fingerprint density at radius 2 is 1.58 bits per heavy atom. The van der Waals surface area contributed by atoms with Crippen molar-refractivity contribution in [2.24, 2.45) is 0 Å². The predicted molar refractivity (Wildman–Crippen MR) is 131 cm³/mol. The second-order valence-electron chi connectivity index (χ2n) is 7.88. The van der Waals surface area contributed by atoms with Gasteiger partial charge in [0.2, 0.25) is 0 Å². The summed E-state index contributed by atoms with van der Waals surface area (Å²) in [5, 5.41) is 4.70. The Balaban J connectivity index is 1.95. The molecule has 156 valence electrons. The zero-order valence-corrected chi connectivity index (χ0v) is 19.3. The number of hydrogen-bond donors (Lipinski definition) is 1. The maximum Gasteiger partial charge on any atom is 0.256 e. The molecule has 0 radical (unpaired) electrons. The second kappa shape index (κ2) is 8.33. The van der Waals surface area contributed by atoms with Gasteiger partial charge >= 0.3 is 0 Å². The van der Waals surface area contributed by atoms with Gasteiger partial charge in [0, 0.05) is 16.0 Å². The molecule has 0 spiro atoms. The maximum absolute atomic E-state index is 13.5. The highest BCUT2D eigenvalue weighted by molar-refractivity contribution is 6.36. The van der Waals surface area contributed by atoms with Crippen LogP contribution in [0.25, 0.3) is 22.2 Å². The van der Waals surface area contributed by atoms with Crippen LogP contribution in [0, 0.1) is 27.7 Å². The minimum atomic E-state index is -0.243. The fourth-order valence-electron chi connectivity index (χ4n) is 3.88. The Hall–Kier alpha value is -2.88. The highest BCUT2D eigenvalue weighted by Crippen LogP contribution is 2.33. The fraction of sp³-hybridized carbons (Fsp3) is 0.154. The Morgan fingerprint density at radius 1 is 0.871 bits per heavy atom. The molecule has 5 heteroatoms. The normalized spacial score (nSPS) is 11.0. The first-order valence-corrected chi connectivity index (χ1v) is 10.7. The lowest BCUT2D eigenvalue weighted by molar-refractivity contribution is 0.102. The van der Waals surface area contributed by atoms with Gasteiger partial charge in [-0.3, -0.25) is 4.79 Å². The Labute approximate surface area is 192 Å². The van der Waals surface area contributed by atoms with Crippen LogP contribution in [0.3, 0.4) is 0 Å². The average Bonchev–Trinajstić information content (AvgIpc) is 2.71. The van der Waals surface area contributed by atoms with Crippen LogP contribution in [0.15, 0.2) is 54.6 Å². The first-order valence-electron chi connectivity index (χ1n) is 9.99. The third-order valence-electron chi connectivity index (χ3n) is 5.40. The first-order chi connectivity index (χ1) is 14.7. The van der Waals surface area contributed by atoms with Crippen molar-refractivity contribution in [1.29, 1.82) is 0 Å². The number of anilines is 1. The molecular formula is C26H22Cl2N2O. The van der Waals surface area contributed by atoms with Gasteiger partial charge < -0.3 is 5.32 Å². The van der Waals surface area contributed by atoms with E-state index in [2.05, 4.69) is 11.4 Å². The summed E-state index contributed by atoms with van der Waals surface area (Å²) in [7, 11) is 0. The summed E-state index contributed by atoms with van der Waals surface area (Å²) in [6.07, 6.45) is 0. The molecule has 0 aliphatic carbocycles. The van der Waals surface area contributed by atoms with E-state index >= 15 is 0 Å². The number of nitrogens with zero attached hydrogens (tertiary/aromatic N) is 1. The van der Waals surface area contributed by atoms with Gasteiger partial charge in [0.05, 0.1) is 27.5 Å². The maximum atomic E-state index is 13.5. The molecule has 3 nitrogen and oxygen atoms in total. The number of fused-ring (bicyclic) bond motifs is 1. The Kier molecular flexibility index (Phi) is 5.74. The van der Waals surface area contributed by atoms with E-state index in [1.54, 1.807) is 18.2 Å². The van der Waals surface area contributed by atoms with Crippen molar-refractivity contribution in [3.05, 3.63) is 92.5 Å². The van der Waals surface area contributed by atoms with Crippen molar-refractivity contribution in [2.45, 2.75) is 27.7 Å². The fourth-order valence-corrected chi connectivity index (χ4v) is 4.22. The number of halogens is 2. The molecule has 0 aliphatic rings. The van der Waals surface area contributed by atoms with Gasteiger partial charge in [-0.15, -0.1) is 0 Å². The van der Waals surface area contributed by atoms with Gasteiger partial charge in [-0.25, -0.2) is 4.98 Å². The summed E-state index contributed by atoms with van der Waals surface area (Å²) in [6.45, 7) is 8.02. The third-order valence-corrected chi connectivity index (χ3v) is 5.96. The van der Waals surface area contributed by atoms with Gasteiger partial charge in [-0.05, 0) is 63.1 Å². The Bertz CT molecular complexity index is 1330. The molecule has 31 heavy (non-hydrogen) atoms. The van der Waals surface area contributed by atoms with Gasteiger partial charge in [0.1, 0.15) is 0 Å². The topological polar surface area (TPSA) is 42.0 Å². The number of hydrogen-bond acceptors (Lipinski definition) is 2. The van der Waals surface area contributed by atoms with Gasteiger partial charge in [0.15, 0.2) is 0 Å².